The monoisotopic (exact) mass is 239 g/mol. The van der Waals surface area contributed by atoms with Gasteiger partial charge in [-0.15, -0.1) is 0 Å². The fourth-order valence-electron chi connectivity index (χ4n) is 1.99. The number of methoxy groups -OCH3 is 1. The van der Waals surface area contributed by atoms with E-state index in [9.17, 15) is 0 Å². The highest BCUT2D eigenvalue weighted by molar-refractivity contribution is 5.10. The fourth-order valence-corrected chi connectivity index (χ4v) is 1.99. The van der Waals surface area contributed by atoms with Crippen molar-refractivity contribution in [3.8, 4) is 0 Å². The maximum Gasteiger partial charge on any atom is 0.129 e. The molecule has 0 aliphatic heterocycles. The maximum absolute atomic E-state index is 5.78. The summed E-state index contributed by atoms with van der Waals surface area (Å²) in [6.45, 7) is 5.88. The Morgan fingerprint density at radius 1 is 1.29 bits per heavy atom. The van der Waals surface area contributed by atoms with E-state index in [-0.39, 0.29) is 0 Å². The molecule has 1 N–H and O–H groups in total. The minimum Gasteiger partial charge on any atom is -0.462 e. The van der Waals surface area contributed by atoms with Gasteiger partial charge in [0.05, 0.1) is 6.04 Å². The Morgan fingerprint density at radius 3 is 2.76 bits per heavy atom. The Hall–Kier alpha value is -0.800. The topological polar surface area (TPSA) is 34.4 Å². The second-order valence-corrected chi connectivity index (χ2v) is 4.34. The molecule has 1 aromatic rings. The zero-order chi connectivity index (χ0) is 12.5. The van der Waals surface area contributed by atoms with Gasteiger partial charge in [-0.2, -0.15) is 0 Å². The largest absolute Gasteiger partial charge is 0.462 e. The summed E-state index contributed by atoms with van der Waals surface area (Å²) in [5, 5.41) is 3.48. The third-order valence-electron chi connectivity index (χ3n) is 2.86. The van der Waals surface area contributed by atoms with Crippen LogP contribution in [0.4, 0.5) is 0 Å². The van der Waals surface area contributed by atoms with Crippen molar-refractivity contribution in [3.05, 3.63) is 23.7 Å². The Bertz CT molecular complexity index is 296. The molecule has 1 aromatic heterocycles. The lowest BCUT2D eigenvalue weighted by Crippen LogP contribution is -2.20. The van der Waals surface area contributed by atoms with Crippen LogP contribution in [0.3, 0.4) is 0 Å². The lowest BCUT2D eigenvalue weighted by Gasteiger charge is -2.15. The zero-order valence-electron chi connectivity index (χ0n) is 11.3. The average molecular weight is 239 g/mol. The van der Waals surface area contributed by atoms with Gasteiger partial charge in [-0.05, 0) is 25.1 Å². The van der Waals surface area contributed by atoms with Crippen molar-refractivity contribution in [1.82, 2.24) is 5.32 Å². The van der Waals surface area contributed by atoms with Crippen molar-refractivity contribution in [2.24, 2.45) is 0 Å². The van der Waals surface area contributed by atoms with Crippen LogP contribution in [0.25, 0.3) is 0 Å². The van der Waals surface area contributed by atoms with Crippen LogP contribution in [0, 0.1) is 0 Å². The van der Waals surface area contributed by atoms with Gasteiger partial charge < -0.3 is 14.5 Å². The van der Waals surface area contributed by atoms with Gasteiger partial charge in [0.1, 0.15) is 18.1 Å². The third-order valence-corrected chi connectivity index (χ3v) is 2.86. The van der Waals surface area contributed by atoms with Crippen LogP contribution in [0.15, 0.2) is 16.5 Å². The number of furan rings is 1. The summed E-state index contributed by atoms with van der Waals surface area (Å²) in [6.07, 6.45) is 4.93. The van der Waals surface area contributed by atoms with E-state index in [1.807, 2.05) is 6.07 Å². The highest BCUT2D eigenvalue weighted by atomic mass is 16.5. The van der Waals surface area contributed by atoms with E-state index < -0.39 is 0 Å². The lowest BCUT2D eigenvalue weighted by molar-refractivity contribution is 0.161. The molecule has 1 heterocycles. The molecule has 3 nitrogen and oxygen atoms in total. The molecular weight excluding hydrogens is 214 g/mol. The van der Waals surface area contributed by atoms with Gasteiger partial charge in [0, 0.05) is 7.11 Å². The van der Waals surface area contributed by atoms with E-state index in [0.29, 0.717) is 12.6 Å². The second-order valence-electron chi connectivity index (χ2n) is 4.34. The van der Waals surface area contributed by atoms with Crippen LogP contribution in [-0.4, -0.2) is 13.7 Å². The van der Waals surface area contributed by atoms with Crippen molar-refractivity contribution in [2.45, 2.75) is 52.2 Å². The summed E-state index contributed by atoms with van der Waals surface area (Å²) in [5.41, 5.74) is 0. The molecule has 0 aliphatic rings. The molecule has 0 spiro atoms. The first-order valence-electron chi connectivity index (χ1n) is 6.62. The van der Waals surface area contributed by atoms with Crippen LogP contribution in [0.5, 0.6) is 0 Å². The molecule has 0 amide bonds. The first-order chi connectivity index (χ1) is 8.31. The average Bonchev–Trinajstić information content (AvgIpc) is 2.77. The highest BCUT2D eigenvalue weighted by Gasteiger charge is 2.14. The van der Waals surface area contributed by atoms with Crippen LogP contribution >= 0.6 is 0 Å². The van der Waals surface area contributed by atoms with Gasteiger partial charge in [-0.25, -0.2) is 0 Å². The molecule has 1 rings (SSSR count). The maximum atomic E-state index is 5.78. The van der Waals surface area contributed by atoms with E-state index >= 15 is 0 Å². The highest BCUT2D eigenvalue weighted by Crippen LogP contribution is 2.22. The molecule has 0 saturated heterocycles. The SMILES string of the molecule is CCCCCC(NCC)c1ccc(COC)o1. The number of hydrogen-bond acceptors (Lipinski definition) is 3. The fraction of sp³-hybridized carbons (Fsp3) is 0.714. The Morgan fingerprint density at radius 2 is 2.12 bits per heavy atom. The summed E-state index contributed by atoms with van der Waals surface area (Å²) in [6, 6.07) is 4.41. The number of nitrogens with one attached hydrogen (secondary N) is 1. The van der Waals surface area contributed by atoms with Gasteiger partial charge >= 0.3 is 0 Å². The van der Waals surface area contributed by atoms with Crippen molar-refractivity contribution in [2.75, 3.05) is 13.7 Å². The van der Waals surface area contributed by atoms with Gasteiger partial charge in [0.2, 0.25) is 0 Å². The summed E-state index contributed by atoms with van der Waals surface area (Å²) in [7, 11) is 1.69. The summed E-state index contributed by atoms with van der Waals surface area (Å²) >= 11 is 0. The van der Waals surface area contributed by atoms with Gasteiger partial charge in [-0.3, -0.25) is 0 Å². The summed E-state index contributed by atoms with van der Waals surface area (Å²) < 4.78 is 10.8. The molecular formula is C14H25NO2. The minimum atomic E-state index is 0.345. The van der Waals surface area contributed by atoms with Gasteiger partial charge in [0.15, 0.2) is 0 Å². The summed E-state index contributed by atoms with van der Waals surface area (Å²) in [5.74, 6) is 1.94. The van der Waals surface area contributed by atoms with Gasteiger partial charge in [0.25, 0.3) is 0 Å². The lowest BCUT2D eigenvalue weighted by atomic mass is 10.1. The van der Waals surface area contributed by atoms with Crippen molar-refractivity contribution in [1.29, 1.82) is 0 Å². The molecule has 0 aliphatic carbocycles. The molecule has 0 aromatic carbocycles. The predicted octanol–water partition coefficient (Wildman–Crippen LogP) is 3.66. The normalized spacial score (nSPS) is 12.9. The zero-order valence-corrected chi connectivity index (χ0v) is 11.3. The first kappa shape index (κ1) is 14.3. The van der Waals surface area contributed by atoms with Crippen LogP contribution < -0.4 is 5.32 Å². The molecule has 0 bridgehead atoms. The molecule has 0 fully saturated rings. The van der Waals surface area contributed by atoms with E-state index in [1.165, 1.54) is 19.3 Å². The van der Waals surface area contributed by atoms with E-state index in [2.05, 4.69) is 25.2 Å². The number of unbranched alkanes of at least 4 members (excludes halogenated alkanes) is 2. The second kappa shape index (κ2) is 8.31. The van der Waals surface area contributed by atoms with E-state index in [0.717, 1.165) is 24.5 Å². The summed E-state index contributed by atoms with van der Waals surface area (Å²) in [4.78, 5) is 0. The molecule has 0 saturated carbocycles. The smallest absolute Gasteiger partial charge is 0.129 e. The first-order valence-corrected chi connectivity index (χ1v) is 6.62. The standard InChI is InChI=1S/C14H25NO2/c1-4-6-7-8-13(15-5-2)14-10-9-12(17-14)11-16-3/h9-10,13,15H,4-8,11H2,1-3H3. The molecule has 3 heteroatoms. The van der Waals surface area contributed by atoms with Crippen LogP contribution in [0.2, 0.25) is 0 Å². The molecule has 1 unspecified atom stereocenters. The van der Waals surface area contributed by atoms with Crippen molar-refractivity contribution in [3.63, 3.8) is 0 Å². The van der Waals surface area contributed by atoms with E-state index in [1.54, 1.807) is 7.11 Å². The molecule has 0 radical (unpaired) electrons. The Balaban J connectivity index is 2.54. The van der Waals surface area contributed by atoms with Crippen LogP contribution in [0.1, 0.15) is 57.1 Å². The quantitative estimate of drug-likeness (QED) is 0.668. The third kappa shape index (κ3) is 4.92. The minimum absolute atomic E-state index is 0.345. The van der Waals surface area contributed by atoms with E-state index in [4.69, 9.17) is 9.15 Å². The van der Waals surface area contributed by atoms with Crippen molar-refractivity contribution < 1.29 is 9.15 Å². The number of ether oxygens (including phenoxy) is 1. The molecule has 17 heavy (non-hydrogen) atoms. The van der Waals surface area contributed by atoms with Gasteiger partial charge in [-0.1, -0.05) is 33.1 Å². The van der Waals surface area contributed by atoms with Crippen LogP contribution in [-0.2, 0) is 11.3 Å². The predicted molar refractivity (Wildman–Crippen MR) is 70.0 cm³/mol. The number of hydrogen-bond donors (Lipinski definition) is 1. The molecule has 98 valence electrons. The number of rotatable bonds is 9. The Labute approximate surface area is 105 Å². The Kier molecular flexibility index (Phi) is 6.97. The molecule has 1 atom stereocenters. The van der Waals surface area contributed by atoms with Crippen molar-refractivity contribution >= 4 is 0 Å².